The number of methoxy groups -OCH3 is 1. The Kier molecular flexibility index (Phi) is 9.02. The molecule has 0 aliphatic rings. The van der Waals surface area contributed by atoms with Gasteiger partial charge in [-0.15, -0.1) is 0 Å². The van der Waals surface area contributed by atoms with Gasteiger partial charge >= 0.3 is 5.97 Å². The lowest BCUT2D eigenvalue weighted by Gasteiger charge is -2.13. The van der Waals surface area contributed by atoms with Gasteiger partial charge in [0.15, 0.2) is 11.5 Å². The van der Waals surface area contributed by atoms with E-state index in [4.69, 9.17) is 23.4 Å². The monoisotopic (exact) mass is 652 g/mol. The summed E-state index contributed by atoms with van der Waals surface area (Å²) in [6, 6.07) is 37.7. The number of hydrogen-bond donors (Lipinski definition) is 0. The first kappa shape index (κ1) is 31.6. The second-order valence-electron chi connectivity index (χ2n) is 11.6. The van der Waals surface area contributed by atoms with Gasteiger partial charge in [0.25, 0.3) is 0 Å². The molecule has 5 aromatic carbocycles. The molecule has 0 atom stereocenters. The first-order chi connectivity index (χ1) is 24.0. The number of ether oxygens (including phenoxy) is 4. The van der Waals surface area contributed by atoms with Gasteiger partial charge in [0.05, 0.1) is 24.8 Å². The average Bonchev–Trinajstić information content (AvgIpc) is 3.68. The second kappa shape index (κ2) is 14.0. The average molecular weight is 653 g/mol. The fourth-order valence-corrected chi connectivity index (χ4v) is 5.99. The Morgan fingerprint density at radius 1 is 0.755 bits per heavy atom. The van der Waals surface area contributed by atoms with Crippen LogP contribution in [0.15, 0.2) is 120 Å². The molecule has 0 N–H and O–H groups in total. The number of para-hydroxylation sites is 1. The molecule has 0 amide bonds. The molecule has 7 aromatic rings. The quantitative estimate of drug-likeness (QED) is 0.122. The molecular formula is C41H36N2O6. The van der Waals surface area contributed by atoms with Crippen molar-refractivity contribution in [3.63, 3.8) is 0 Å². The van der Waals surface area contributed by atoms with Gasteiger partial charge in [-0.1, -0.05) is 60.7 Å². The van der Waals surface area contributed by atoms with E-state index >= 15 is 0 Å². The van der Waals surface area contributed by atoms with E-state index in [0.717, 1.165) is 55.7 Å². The number of hydrogen-bond acceptors (Lipinski definition) is 7. The van der Waals surface area contributed by atoms with E-state index in [0.29, 0.717) is 42.7 Å². The van der Waals surface area contributed by atoms with Crippen LogP contribution in [0.4, 0.5) is 0 Å². The number of esters is 1. The van der Waals surface area contributed by atoms with Crippen LogP contribution in [-0.2, 0) is 24.5 Å². The van der Waals surface area contributed by atoms with E-state index < -0.39 is 0 Å². The highest BCUT2D eigenvalue weighted by Gasteiger charge is 2.17. The summed E-state index contributed by atoms with van der Waals surface area (Å²) in [5.74, 6) is 3.02. The summed E-state index contributed by atoms with van der Waals surface area (Å²) in [4.78, 5) is 16.7. The van der Waals surface area contributed by atoms with Crippen molar-refractivity contribution < 1.29 is 28.2 Å². The molecule has 0 radical (unpaired) electrons. The van der Waals surface area contributed by atoms with E-state index in [1.165, 1.54) is 0 Å². The van der Waals surface area contributed by atoms with Crippen molar-refractivity contribution in [3.8, 4) is 28.7 Å². The highest BCUT2D eigenvalue weighted by atomic mass is 16.5. The highest BCUT2D eigenvalue weighted by Crippen LogP contribution is 2.37. The van der Waals surface area contributed by atoms with E-state index in [1.54, 1.807) is 26.2 Å². The van der Waals surface area contributed by atoms with Gasteiger partial charge in [0, 0.05) is 28.4 Å². The Morgan fingerprint density at radius 2 is 1.49 bits per heavy atom. The van der Waals surface area contributed by atoms with E-state index in [9.17, 15) is 4.79 Å². The number of fused-ring (bicyclic) bond motifs is 3. The van der Waals surface area contributed by atoms with Crippen LogP contribution in [-0.4, -0.2) is 29.2 Å². The summed E-state index contributed by atoms with van der Waals surface area (Å²) in [7, 11) is 1.65. The van der Waals surface area contributed by atoms with Crippen molar-refractivity contribution in [2.24, 2.45) is 0 Å². The minimum absolute atomic E-state index is 0.253. The summed E-state index contributed by atoms with van der Waals surface area (Å²) in [6.07, 6.45) is 0. The van der Waals surface area contributed by atoms with Crippen molar-refractivity contribution in [1.82, 2.24) is 9.55 Å². The molecule has 8 heteroatoms. The normalized spacial score (nSPS) is 11.2. The first-order valence-corrected chi connectivity index (χ1v) is 16.2. The summed E-state index contributed by atoms with van der Waals surface area (Å²) in [6.45, 7) is 5.26. The maximum Gasteiger partial charge on any atom is 0.338 e. The van der Waals surface area contributed by atoms with Crippen LogP contribution < -0.4 is 14.2 Å². The Labute approximate surface area is 284 Å². The fourth-order valence-electron chi connectivity index (χ4n) is 5.99. The molecule has 0 aliphatic heterocycles. The minimum Gasteiger partial charge on any atom is -0.493 e. The van der Waals surface area contributed by atoms with Gasteiger partial charge < -0.3 is 27.9 Å². The van der Waals surface area contributed by atoms with E-state index in [2.05, 4.69) is 39.9 Å². The van der Waals surface area contributed by atoms with Crippen molar-refractivity contribution in [2.75, 3.05) is 13.7 Å². The topological polar surface area (TPSA) is 85.0 Å². The van der Waals surface area contributed by atoms with Crippen molar-refractivity contribution in [3.05, 3.63) is 143 Å². The molecular weight excluding hydrogens is 616 g/mol. The largest absolute Gasteiger partial charge is 0.493 e. The fraction of sp³-hybridized carbons (Fsp3) is 0.171. The molecule has 8 nitrogen and oxygen atoms in total. The van der Waals surface area contributed by atoms with Gasteiger partial charge in [0.1, 0.15) is 30.4 Å². The molecule has 0 bridgehead atoms. The lowest BCUT2D eigenvalue weighted by atomic mass is 10.1. The Morgan fingerprint density at radius 3 is 2.29 bits per heavy atom. The Balaban J connectivity index is 1.11. The van der Waals surface area contributed by atoms with Crippen molar-refractivity contribution in [1.29, 1.82) is 0 Å². The lowest BCUT2D eigenvalue weighted by molar-refractivity contribution is 0.0526. The zero-order valence-corrected chi connectivity index (χ0v) is 27.6. The van der Waals surface area contributed by atoms with Crippen LogP contribution in [0.3, 0.4) is 0 Å². The Hall–Kier alpha value is -6.02. The maximum absolute atomic E-state index is 12.1. The lowest BCUT2D eigenvalue weighted by Crippen LogP contribution is -2.05. The van der Waals surface area contributed by atoms with Crippen LogP contribution in [0, 0.1) is 6.92 Å². The maximum atomic E-state index is 12.1. The van der Waals surface area contributed by atoms with Crippen LogP contribution >= 0.6 is 0 Å². The van der Waals surface area contributed by atoms with E-state index in [1.807, 2.05) is 79.7 Å². The molecule has 0 aliphatic carbocycles. The molecule has 0 spiro atoms. The number of aryl methyl sites for hydroxylation is 1. The van der Waals surface area contributed by atoms with Crippen molar-refractivity contribution >= 4 is 27.8 Å². The molecule has 246 valence electrons. The molecule has 7 rings (SSSR count). The smallest absolute Gasteiger partial charge is 0.338 e. The highest BCUT2D eigenvalue weighted by molar-refractivity contribution is 6.11. The van der Waals surface area contributed by atoms with E-state index in [-0.39, 0.29) is 12.6 Å². The summed E-state index contributed by atoms with van der Waals surface area (Å²) in [5.41, 5.74) is 6.36. The molecule has 2 aromatic heterocycles. The minimum atomic E-state index is -0.327. The van der Waals surface area contributed by atoms with Crippen LogP contribution in [0.1, 0.15) is 39.9 Å². The predicted molar refractivity (Wildman–Crippen MR) is 189 cm³/mol. The second-order valence-corrected chi connectivity index (χ2v) is 11.6. The predicted octanol–water partition coefficient (Wildman–Crippen LogP) is 9.15. The SMILES string of the molecule is CCOC(=O)c1ccc(COc2cccc3c2c2ccccc2n3Cc2ccc(OCc3nc(-c4ccccc4)oc3C)c(OC)c2)cc1. The van der Waals surface area contributed by atoms with Gasteiger partial charge in [-0.3, -0.25) is 0 Å². The third-order valence-corrected chi connectivity index (χ3v) is 8.47. The summed E-state index contributed by atoms with van der Waals surface area (Å²) >= 11 is 0. The zero-order valence-electron chi connectivity index (χ0n) is 27.6. The van der Waals surface area contributed by atoms with Gasteiger partial charge in [-0.25, -0.2) is 9.78 Å². The zero-order chi connectivity index (χ0) is 33.7. The number of aromatic nitrogens is 2. The molecule has 0 saturated carbocycles. The number of benzene rings is 5. The first-order valence-electron chi connectivity index (χ1n) is 16.2. The molecule has 0 saturated heterocycles. The van der Waals surface area contributed by atoms with Crippen LogP contribution in [0.5, 0.6) is 17.2 Å². The third kappa shape index (κ3) is 6.58. The Bertz CT molecular complexity index is 2230. The van der Waals surface area contributed by atoms with Gasteiger partial charge in [-0.05, 0) is 79.6 Å². The number of rotatable bonds is 12. The molecule has 49 heavy (non-hydrogen) atoms. The molecule has 0 unspecified atom stereocenters. The number of carbonyl (C=O) groups excluding carboxylic acids is 1. The number of nitrogens with zero attached hydrogens (tertiary/aromatic N) is 2. The number of oxazole rings is 1. The molecule has 2 heterocycles. The van der Waals surface area contributed by atoms with Gasteiger partial charge in [0.2, 0.25) is 5.89 Å². The van der Waals surface area contributed by atoms with Gasteiger partial charge in [-0.2, -0.15) is 0 Å². The van der Waals surface area contributed by atoms with Crippen molar-refractivity contribution in [2.45, 2.75) is 33.6 Å². The standard InChI is InChI=1S/C41H36N2O6/c1-4-46-41(44)31-20-17-28(18-21-31)25-47-37-16-10-15-35-39(37)32-13-8-9-14-34(32)43(35)24-29-19-22-36(38(23-29)45-3)48-26-33-27(2)49-40(42-33)30-11-6-5-7-12-30/h5-23H,4,24-26H2,1-3H3. The summed E-state index contributed by atoms with van der Waals surface area (Å²) < 4.78 is 31.7. The molecule has 0 fully saturated rings. The number of carbonyl (C=O) groups is 1. The van der Waals surface area contributed by atoms with Crippen LogP contribution in [0.25, 0.3) is 33.3 Å². The third-order valence-electron chi connectivity index (χ3n) is 8.47. The van der Waals surface area contributed by atoms with Crippen LogP contribution in [0.2, 0.25) is 0 Å². The summed E-state index contributed by atoms with van der Waals surface area (Å²) in [5, 5.41) is 2.15.